The Hall–Kier alpha value is -1.19. The van der Waals surface area contributed by atoms with Gasteiger partial charge in [0.25, 0.3) is 0 Å². The summed E-state index contributed by atoms with van der Waals surface area (Å²) in [6, 6.07) is 8.63. The van der Waals surface area contributed by atoms with Gasteiger partial charge in [-0.15, -0.1) is 11.3 Å². The van der Waals surface area contributed by atoms with Crippen LogP contribution in [0.15, 0.2) is 24.3 Å². The zero-order valence-corrected chi connectivity index (χ0v) is 13.1. The molecule has 0 spiro atoms. The number of hydrogen-bond donors (Lipinski definition) is 1. The van der Waals surface area contributed by atoms with Crippen molar-refractivity contribution in [1.82, 2.24) is 10.3 Å². The summed E-state index contributed by atoms with van der Waals surface area (Å²) in [7, 11) is 0. The van der Waals surface area contributed by atoms with Crippen molar-refractivity contribution in [3.63, 3.8) is 0 Å². The van der Waals surface area contributed by atoms with Crippen LogP contribution < -0.4 is 5.32 Å². The summed E-state index contributed by atoms with van der Waals surface area (Å²) < 4.78 is 0. The Balaban J connectivity index is 1.81. The molecule has 1 saturated carbocycles. The number of nitrogens with zero attached hydrogens (tertiary/aromatic N) is 1. The molecule has 1 aromatic carbocycles. The molecule has 1 heterocycles. The number of aromatic nitrogens is 1. The monoisotopic (exact) mass is 286 g/mol. The predicted octanol–water partition coefficient (Wildman–Crippen LogP) is 4.03. The van der Waals surface area contributed by atoms with Crippen LogP contribution in [0.1, 0.15) is 52.4 Å². The third-order valence-corrected chi connectivity index (χ3v) is 4.95. The molecule has 0 unspecified atom stereocenters. The van der Waals surface area contributed by atoms with Crippen molar-refractivity contribution in [2.75, 3.05) is 6.54 Å². The number of rotatable bonds is 6. The molecule has 3 heteroatoms. The molecule has 0 amide bonds. The summed E-state index contributed by atoms with van der Waals surface area (Å²) in [5, 5.41) is 4.72. The molecule has 3 rings (SSSR count). The van der Waals surface area contributed by atoms with Gasteiger partial charge in [0.05, 0.1) is 10.7 Å². The highest BCUT2D eigenvalue weighted by molar-refractivity contribution is 7.11. The number of hydrogen-bond acceptors (Lipinski definition) is 3. The zero-order chi connectivity index (χ0) is 13.9. The van der Waals surface area contributed by atoms with E-state index in [9.17, 15) is 0 Å². The number of aryl methyl sites for hydroxylation is 1. The Labute approximate surface area is 125 Å². The standard InChI is InChI=1S/C17H22N2S/c1-3-18-11-15-17(13-8-9-13)19-16(20-15)10-14-7-5-4-6-12(14)2/h4-7,13,18H,3,8-11H2,1-2H3. The molecule has 0 atom stereocenters. The van der Waals surface area contributed by atoms with Crippen LogP contribution in [0.3, 0.4) is 0 Å². The van der Waals surface area contributed by atoms with E-state index in [0.29, 0.717) is 0 Å². The Bertz CT molecular complexity index is 584. The summed E-state index contributed by atoms with van der Waals surface area (Å²) in [6.07, 6.45) is 3.63. The van der Waals surface area contributed by atoms with Gasteiger partial charge in [0, 0.05) is 23.8 Å². The largest absolute Gasteiger partial charge is 0.312 e. The van der Waals surface area contributed by atoms with Gasteiger partial charge in [0.1, 0.15) is 0 Å². The van der Waals surface area contributed by atoms with Crippen molar-refractivity contribution in [1.29, 1.82) is 0 Å². The minimum atomic E-state index is 0.741. The molecule has 0 saturated heterocycles. The van der Waals surface area contributed by atoms with Crippen molar-refractivity contribution in [3.8, 4) is 0 Å². The molecule has 2 nitrogen and oxygen atoms in total. The highest BCUT2D eigenvalue weighted by Gasteiger charge is 2.29. The SMILES string of the molecule is CCNCc1sc(Cc2ccccc2C)nc1C1CC1. The Kier molecular flexibility index (Phi) is 4.18. The fraction of sp³-hybridized carbons (Fsp3) is 0.471. The Morgan fingerprint density at radius 3 is 2.80 bits per heavy atom. The van der Waals surface area contributed by atoms with Crippen LogP contribution in [0.25, 0.3) is 0 Å². The molecular formula is C17H22N2S. The van der Waals surface area contributed by atoms with Gasteiger partial charge in [0.2, 0.25) is 0 Å². The predicted molar refractivity (Wildman–Crippen MR) is 85.5 cm³/mol. The highest BCUT2D eigenvalue weighted by atomic mass is 32.1. The van der Waals surface area contributed by atoms with Gasteiger partial charge >= 0.3 is 0 Å². The van der Waals surface area contributed by atoms with E-state index in [1.807, 2.05) is 11.3 Å². The third-order valence-electron chi connectivity index (χ3n) is 3.87. The first-order valence-electron chi connectivity index (χ1n) is 7.51. The molecule has 1 N–H and O–H groups in total. The molecule has 1 aliphatic carbocycles. The maximum atomic E-state index is 4.94. The first-order chi connectivity index (χ1) is 9.78. The van der Waals surface area contributed by atoms with E-state index in [-0.39, 0.29) is 0 Å². The molecular weight excluding hydrogens is 264 g/mol. The lowest BCUT2D eigenvalue weighted by molar-refractivity contribution is 0.726. The van der Waals surface area contributed by atoms with Crippen LogP contribution in [0.5, 0.6) is 0 Å². The lowest BCUT2D eigenvalue weighted by Gasteiger charge is -2.02. The molecule has 20 heavy (non-hydrogen) atoms. The van der Waals surface area contributed by atoms with Crippen molar-refractivity contribution in [2.24, 2.45) is 0 Å². The van der Waals surface area contributed by atoms with E-state index < -0.39 is 0 Å². The lowest BCUT2D eigenvalue weighted by atomic mass is 10.1. The zero-order valence-electron chi connectivity index (χ0n) is 12.3. The summed E-state index contributed by atoms with van der Waals surface area (Å²) in [6.45, 7) is 6.35. The van der Waals surface area contributed by atoms with Crippen LogP contribution >= 0.6 is 11.3 Å². The normalized spacial score (nSPS) is 14.7. The van der Waals surface area contributed by atoms with Crippen LogP contribution in [0, 0.1) is 6.92 Å². The van der Waals surface area contributed by atoms with Gasteiger partial charge in [0.15, 0.2) is 0 Å². The molecule has 1 fully saturated rings. The second-order valence-corrected chi connectivity index (χ2v) is 6.74. The van der Waals surface area contributed by atoms with Gasteiger partial charge in [-0.3, -0.25) is 0 Å². The van der Waals surface area contributed by atoms with E-state index in [0.717, 1.165) is 25.4 Å². The summed E-state index contributed by atoms with van der Waals surface area (Å²) in [4.78, 5) is 6.40. The third kappa shape index (κ3) is 3.10. The molecule has 0 aliphatic heterocycles. The molecule has 2 aromatic rings. The first-order valence-corrected chi connectivity index (χ1v) is 8.33. The lowest BCUT2D eigenvalue weighted by Crippen LogP contribution is -2.11. The van der Waals surface area contributed by atoms with Crippen LogP contribution in [0.4, 0.5) is 0 Å². The van der Waals surface area contributed by atoms with Crippen molar-refractivity contribution in [2.45, 2.75) is 45.6 Å². The summed E-state index contributed by atoms with van der Waals surface area (Å²) in [5.41, 5.74) is 4.14. The Morgan fingerprint density at radius 2 is 2.10 bits per heavy atom. The van der Waals surface area contributed by atoms with E-state index in [1.54, 1.807) is 0 Å². The van der Waals surface area contributed by atoms with E-state index >= 15 is 0 Å². The molecule has 0 bridgehead atoms. The second-order valence-electron chi connectivity index (χ2n) is 5.57. The number of nitrogens with one attached hydrogen (secondary N) is 1. The molecule has 106 valence electrons. The Morgan fingerprint density at radius 1 is 1.30 bits per heavy atom. The summed E-state index contributed by atoms with van der Waals surface area (Å²) >= 11 is 1.90. The minimum Gasteiger partial charge on any atom is -0.312 e. The van der Waals surface area contributed by atoms with Gasteiger partial charge in [-0.2, -0.15) is 0 Å². The van der Waals surface area contributed by atoms with Crippen LogP contribution in [-0.2, 0) is 13.0 Å². The molecule has 1 aliphatic rings. The average molecular weight is 286 g/mol. The van der Waals surface area contributed by atoms with Crippen LogP contribution in [-0.4, -0.2) is 11.5 Å². The second kappa shape index (κ2) is 6.06. The van der Waals surface area contributed by atoms with Crippen molar-refractivity contribution < 1.29 is 0 Å². The topological polar surface area (TPSA) is 24.9 Å². The number of benzene rings is 1. The van der Waals surface area contributed by atoms with E-state index in [4.69, 9.17) is 4.98 Å². The van der Waals surface area contributed by atoms with Crippen molar-refractivity contribution in [3.05, 3.63) is 51.0 Å². The van der Waals surface area contributed by atoms with E-state index in [1.165, 1.54) is 39.5 Å². The van der Waals surface area contributed by atoms with Gasteiger partial charge in [-0.25, -0.2) is 4.98 Å². The summed E-state index contributed by atoms with van der Waals surface area (Å²) in [5.74, 6) is 0.741. The molecule has 0 radical (unpaired) electrons. The maximum Gasteiger partial charge on any atom is 0.0975 e. The molecule has 1 aromatic heterocycles. The minimum absolute atomic E-state index is 0.741. The quantitative estimate of drug-likeness (QED) is 0.867. The van der Waals surface area contributed by atoms with Crippen molar-refractivity contribution >= 4 is 11.3 Å². The maximum absolute atomic E-state index is 4.94. The smallest absolute Gasteiger partial charge is 0.0975 e. The first kappa shape index (κ1) is 13.8. The van der Waals surface area contributed by atoms with E-state index in [2.05, 4.69) is 43.4 Å². The fourth-order valence-corrected chi connectivity index (χ4v) is 3.65. The fourth-order valence-electron chi connectivity index (χ4n) is 2.50. The average Bonchev–Trinajstić information content (AvgIpc) is 3.21. The highest BCUT2D eigenvalue weighted by Crippen LogP contribution is 2.42. The van der Waals surface area contributed by atoms with Crippen LogP contribution in [0.2, 0.25) is 0 Å². The van der Waals surface area contributed by atoms with Gasteiger partial charge in [-0.05, 0) is 37.4 Å². The van der Waals surface area contributed by atoms with Gasteiger partial charge in [-0.1, -0.05) is 31.2 Å². The van der Waals surface area contributed by atoms with Gasteiger partial charge < -0.3 is 5.32 Å². The number of thiazole rings is 1.